The molecule has 5 rings (SSSR count). The number of hydrogen-bond acceptors (Lipinski definition) is 3. The summed E-state index contributed by atoms with van der Waals surface area (Å²) in [5.74, 6) is -0.537. The maximum absolute atomic E-state index is 12.6. The minimum Gasteiger partial charge on any atom is -0.364 e. The van der Waals surface area contributed by atoms with E-state index in [0.717, 1.165) is 61.2 Å². The van der Waals surface area contributed by atoms with Crippen LogP contribution in [0, 0.1) is 0 Å². The van der Waals surface area contributed by atoms with Crippen LogP contribution in [0.15, 0.2) is 36.4 Å². The molecule has 32 heavy (non-hydrogen) atoms. The van der Waals surface area contributed by atoms with Gasteiger partial charge in [0.15, 0.2) is 5.69 Å². The average molecular weight is 490 g/mol. The second-order valence-corrected chi connectivity index (χ2v) is 9.72. The summed E-state index contributed by atoms with van der Waals surface area (Å²) in [6.45, 7) is 1.98. The summed E-state index contributed by atoms with van der Waals surface area (Å²) in [7, 11) is 0. The van der Waals surface area contributed by atoms with E-state index in [0.29, 0.717) is 26.4 Å². The molecule has 0 radical (unpaired) electrons. The Kier molecular flexibility index (Phi) is 5.93. The molecule has 1 atom stereocenters. The minimum absolute atomic E-state index is 0.0406. The fourth-order valence-electron chi connectivity index (χ4n) is 5.05. The number of rotatable bonds is 3. The predicted octanol–water partition coefficient (Wildman–Crippen LogP) is 6.07. The zero-order valence-electron chi connectivity index (χ0n) is 17.5. The maximum Gasteiger partial charge on any atom is 0.269 e. The number of aromatic nitrogens is 2. The number of carbonyl (C=O) groups excluding carboxylic acids is 1. The van der Waals surface area contributed by atoms with Crippen LogP contribution in [0.2, 0.25) is 15.1 Å². The molecule has 1 aliphatic heterocycles. The van der Waals surface area contributed by atoms with E-state index in [1.54, 1.807) is 16.8 Å². The van der Waals surface area contributed by atoms with Crippen LogP contribution in [0.4, 0.5) is 0 Å². The Labute approximate surface area is 202 Å². The molecule has 3 aromatic rings. The Bertz CT molecular complexity index is 1200. The maximum atomic E-state index is 12.6. The molecule has 2 aromatic carbocycles. The van der Waals surface area contributed by atoms with Gasteiger partial charge in [-0.3, -0.25) is 9.69 Å². The lowest BCUT2D eigenvalue weighted by atomic mass is 9.96. The molecule has 8 heteroatoms. The Hall–Kier alpha value is -2.05. The predicted molar refractivity (Wildman–Crippen MR) is 129 cm³/mol. The second-order valence-electron chi connectivity index (χ2n) is 8.44. The third-order valence-corrected chi connectivity index (χ3v) is 7.24. The number of benzene rings is 2. The Balaban J connectivity index is 1.81. The first-order chi connectivity index (χ1) is 15.4. The topological polar surface area (TPSA) is 64.2 Å². The van der Waals surface area contributed by atoms with Crippen LogP contribution in [-0.2, 0) is 6.42 Å². The minimum atomic E-state index is -0.537. The third kappa shape index (κ3) is 3.81. The van der Waals surface area contributed by atoms with Gasteiger partial charge in [-0.15, -0.1) is 0 Å². The molecule has 1 aliphatic carbocycles. The summed E-state index contributed by atoms with van der Waals surface area (Å²) in [5.41, 5.74) is 10.7. The number of nitrogens with two attached hydrogens (primary N) is 1. The number of amides is 1. The summed E-state index contributed by atoms with van der Waals surface area (Å²) in [4.78, 5) is 15.1. The number of primary amides is 1. The van der Waals surface area contributed by atoms with Gasteiger partial charge in [0.1, 0.15) is 0 Å². The molecule has 1 fully saturated rings. The van der Waals surface area contributed by atoms with Crippen molar-refractivity contribution in [1.82, 2.24) is 14.7 Å². The second kappa shape index (κ2) is 8.71. The van der Waals surface area contributed by atoms with Crippen molar-refractivity contribution in [2.24, 2.45) is 5.73 Å². The standard InChI is InChI=1S/C24H23Cl3N4O/c25-15-5-7-17-14(12-15)4-8-20(30-10-2-1-3-11-30)21-22(24(28)32)29-31(23(17)21)19-9-6-16(26)13-18(19)27/h5-7,9,12-13,20H,1-4,8,10-11H2,(H2,28,32). The number of hydrogen-bond donors (Lipinski definition) is 1. The first-order valence-corrected chi connectivity index (χ1v) is 12.0. The molecule has 166 valence electrons. The smallest absolute Gasteiger partial charge is 0.269 e. The van der Waals surface area contributed by atoms with E-state index in [4.69, 9.17) is 45.6 Å². The Morgan fingerprint density at radius 2 is 1.72 bits per heavy atom. The highest BCUT2D eigenvalue weighted by molar-refractivity contribution is 6.35. The molecular formula is C24H23Cl3N4O. The number of carbonyl (C=O) groups is 1. The average Bonchev–Trinajstić information content (AvgIpc) is 3.07. The molecule has 1 saturated heterocycles. The van der Waals surface area contributed by atoms with Crippen molar-refractivity contribution < 1.29 is 4.79 Å². The normalized spacial score (nSPS) is 18.7. The van der Waals surface area contributed by atoms with Crippen LogP contribution in [0.25, 0.3) is 16.9 Å². The van der Waals surface area contributed by atoms with Gasteiger partial charge in [0.2, 0.25) is 0 Å². The highest BCUT2D eigenvalue weighted by atomic mass is 35.5. The van der Waals surface area contributed by atoms with Crippen molar-refractivity contribution in [1.29, 1.82) is 0 Å². The number of aryl methyl sites for hydroxylation is 1. The van der Waals surface area contributed by atoms with Gasteiger partial charge in [0.25, 0.3) is 5.91 Å². The fraction of sp³-hybridized carbons (Fsp3) is 0.333. The van der Waals surface area contributed by atoms with Crippen LogP contribution >= 0.6 is 34.8 Å². The zero-order chi connectivity index (χ0) is 22.4. The Morgan fingerprint density at radius 3 is 2.44 bits per heavy atom. The lowest BCUT2D eigenvalue weighted by molar-refractivity contribution is 0.0988. The molecule has 0 spiro atoms. The van der Waals surface area contributed by atoms with Crippen LogP contribution in [0.5, 0.6) is 0 Å². The number of nitrogens with zero attached hydrogens (tertiary/aromatic N) is 3. The van der Waals surface area contributed by atoms with Gasteiger partial charge < -0.3 is 5.73 Å². The van der Waals surface area contributed by atoms with E-state index in [2.05, 4.69) is 4.90 Å². The monoisotopic (exact) mass is 488 g/mol. The zero-order valence-corrected chi connectivity index (χ0v) is 19.7. The van der Waals surface area contributed by atoms with Crippen LogP contribution < -0.4 is 5.73 Å². The van der Waals surface area contributed by atoms with Gasteiger partial charge >= 0.3 is 0 Å². The Morgan fingerprint density at radius 1 is 1.00 bits per heavy atom. The van der Waals surface area contributed by atoms with Crippen LogP contribution in [0.3, 0.4) is 0 Å². The van der Waals surface area contributed by atoms with Crippen LogP contribution in [-0.4, -0.2) is 33.7 Å². The number of likely N-dealkylation sites (tertiary alicyclic amines) is 1. The molecule has 5 nitrogen and oxygen atoms in total. The molecule has 2 aliphatic rings. The molecule has 1 aromatic heterocycles. The molecular weight excluding hydrogens is 467 g/mol. The van der Waals surface area contributed by atoms with E-state index < -0.39 is 5.91 Å². The van der Waals surface area contributed by atoms with Crippen molar-refractivity contribution in [3.63, 3.8) is 0 Å². The lowest BCUT2D eigenvalue weighted by Gasteiger charge is -2.34. The fourth-order valence-corrected chi connectivity index (χ4v) is 5.73. The van der Waals surface area contributed by atoms with Gasteiger partial charge in [-0.2, -0.15) is 5.10 Å². The molecule has 2 N–H and O–H groups in total. The highest BCUT2D eigenvalue weighted by Gasteiger charge is 2.36. The molecule has 1 amide bonds. The van der Waals surface area contributed by atoms with Crippen molar-refractivity contribution in [2.75, 3.05) is 13.1 Å². The summed E-state index contributed by atoms with van der Waals surface area (Å²) >= 11 is 19.1. The van der Waals surface area contributed by atoms with Gasteiger partial charge in [0, 0.05) is 27.2 Å². The van der Waals surface area contributed by atoms with Crippen LogP contribution in [0.1, 0.15) is 53.3 Å². The van der Waals surface area contributed by atoms with Crippen molar-refractivity contribution in [3.05, 3.63) is 68.3 Å². The number of piperidine rings is 1. The summed E-state index contributed by atoms with van der Waals surface area (Å²) in [6.07, 6.45) is 5.23. The van der Waals surface area contributed by atoms with Gasteiger partial charge in [-0.1, -0.05) is 47.3 Å². The number of fused-ring (bicyclic) bond motifs is 3. The van der Waals surface area contributed by atoms with Crippen molar-refractivity contribution in [3.8, 4) is 16.9 Å². The largest absolute Gasteiger partial charge is 0.364 e. The highest BCUT2D eigenvalue weighted by Crippen LogP contribution is 2.44. The molecule has 1 unspecified atom stereocenters. The molecule has 2 heterocycles. The number of halogens is 3. The summed E-state index contributed by atoms with van der Waals surface area (Å²) in [5, 5.41) is 6.39. The molecule has 0 saturated carbocycles. The SMILES string of the molecule is NC(=O)c1nn(-c2ccc(Cl)cc2Cl)c2c1C(N1CCCCC1)CCc1cc(Cl)ccc1-2. The van der Waals surface area contributed by atoms with Gasteiger partial charge in [-0.25, -0.2) is 4.68 Å². The quantitative estimate of drug-likeness (QED) is 0.485. The van der Waals surface area contributed by atoms with Crippen molar-refractivity contribution >= 4 is 40.7 Å². The van der Waals surface area contributed by atoms with E-state index in [1.807, 2.05) is 24.3 Å². The molecule has 0 bridgehead atoms. The first-order valence-electron chi connectivity index (χ1n) is 10.8. The van der Waals surface area contributed by atoms with Gasteiger partial charge in [-0.05, 0) is 74.7 Å². The third-order valence-electron chi connectivity index (χ3n) is 6.47. The van der Waals surface area contributed by atoms with E-state index in [9.17, 15) is 4.79 Å². The summed E-state index contributed by atoms with van der Waals surface area (Å²) in [6, 6.07) is 11.2. The van der Waals surface area contributed by atoms with E-state index >= 15 is 0 Å². The van der Waals surface area contributed by atoms with Gasteiger partial charge in [0.05, 0.1) is 16.4 Å². The van der Waals surface area contributed by atoms with Crippen molar-refractivity contribution in [2.45, 2.75) is 38.1 Å². The van der Waals surface area contributed by atoms with E-state index in [-0.39, 0.29) is 6.04 Å². The lowest BCUT2D eigenvalue weighted by Crippen LogP contribution is -2.35. The van der Waals surface area contributed by atoms with E-state index in [1.165, 1.54) is 6.42 Å². The first kappa shape index (κ1) is 21.8. The summed E-state index contributed by atoms with van der Waals surface area (Å²) < 4.78 is 1.75.